The van der Waals surface area contributed by atoms with Gasteiger partial charge < -0.3 is 15.7 Å². The van der Waals surface area contributed by atoms with Crippen molar-refractivity contribution in [3.63, 3.8) is 0 Å². The number of nitrogens with one attached hydrogen (secondary N) is 2. The van der Waals surface area contributed by atoms with E-state index in [4.69, 9.17) is 5.11 Å². The Kier molecular flexibility index (Phi) is 6.23. The van der Waals surface area contributed by atoms with Crippen molar-refractivity contribution in [1.29, 1.82) is 0 Å². The van der Waals surface area contributed by atoms with Crippen LogP contribution in [0.1, 0.15) is 34.1 Å². The lowest BCUT2D eigenvalue weighted by Gasteiger charge is -2.22. The SMILES string of the molecule is CC[C@H](NC(=O)C(NC(C)=O)C(C)C)C(=O)O. The van der Waals surface area contributed by atoms with Gasteiger partial charge in [0.25, 0.3) is 0 Å². The maximum Gasteiger partial charge on any atom is 0.326 e. The van der Waals surface area contributed by atoms with E-state index in [1.165, 1.54) is 6.92 Å². The van der Waals surface area contributed by atoms with Crippen molar-refractivity contribution in [2.45, 2.75) is 46.2 Å². The summed E-state index contributed by atoms with van der Waals surface area (Å²) in [4.78, 5) is 33.5. The van der Waals surface area contributed by atoms with Crippen LogP contribution in [0.25, 0.3) is 0 Å². The van der Waals surface area contributed by atoms with Crippen molar-refractivity contribution in [1.82, 2.24) is 10.6 Å². The highest BCUT2D eigenvalue weighted by Crippen LogP contribution is 2.03. The summed E-state index contributed by atoms with van der Waals surface area (Å²) in [7, 11) is 0. The maximum atomic E-state index is 11.8. The summed E-state index contributed by atoms with van der Waals surface area (Å²) in [6, 6.07) is -1.63. The van der Waals surface area contributed by atoms with E-state index in [9.17, 15) is 14.4 Å². The molecule has 0 aliphatic rings. The lowest BCUT2D eigenvalue weighted by Crippen LogP contribution is -2.53. The molecule has 0 radical (unpaired) electrons. The largest absolute Gasteiger partial charge is 0.480 e. The summed E-state index contributed by atoms with van der Waals surface area (Å²) < 4.78 is 0. The molecular weight excluding hydrogens is 224 g/mol. The van der Waals surface area contributed by atoms with Gasteiger partial charge in [-0.05, 0) is 12.3 Å². The van der Waals surface area contributed by atoms with Crippen molar-refractivity contribution in [3.05, 3.63) is 0 Å². The molecule has 0 heterocycles. The number of hydrogen-bond acceptors (Lipinski definition) is 3. The molecule has 0 saturated carbocycles. The maximum absolute atomic E-state index is 11.8. The first-order valence-electron chi connectivity index (χ1n) is 5.59. The summed E-state index contributed by atoms with van der Waals surface area (Å²) in [5.41, 5.74) is 0. The Morgan fingerprint density at radius 3 is 2.00 bits per heavy atom. The highest BCUT2D eigenvalue weighted by atomic mass is 16.4. The molecule has 0 rings (SSSR count). The number of hydrogen-bond donors (Lipinski definition) is 3. The average molecular weight is 244 g/mol. The van der Waals surface area contributed by atoms with Crippen LogP contribution in [0.2, 0.25) is 0 Å². The summed E-state index contributed by atoms with van der Waals surface area (Å²) >= 11 is 0. The lowest BCUT2D eigenvalue weighted by atomic mass is 10.0. The third kappa shape index (κ3) is 5.33. The molecule has 0 bridgehead atoms. The van der Waals surface area contributed by atoms with Crippen LogP contribution in [0.3, 0.4) is 0 Å². The second-order valence-corrected chi connectivity index (χ2v) is 4.23. The first-order valence-corrected chi connectivity index (χ1v) is 5.59. The fraction of sp³-hybridized carbons (Fsp3) is 0.727. The first kappa shape index (κ1) is 15.4. The molecule has 0 saturated heterocycles. The van der Waals surface area contributed by atoms with Gasteiger partial charge in [-0.15, -0.1) is 0 Å². The highest BCUT2D eigenvalue weighted by molar-refractivity contribution is 5.90. The zero-order chi connectivity index (χ0) is 13.6. The van der Waals surface area contributed by atoms with Crippen molar-refractivity contribution in [2.24, 2.45) is 5.92 Å². The van der Waals surface area contributed by atoms with E-state index in [0.29, 0.717) is 6.42 Å². The molecule has 2 amide bonds. The average Bonchev–Trinajstić information content (AvgIpc) is 2.20. The van der Waals surface area contributed by atoms with Gasteiger partial charge in [-0.25, -0.2) is 4.79 Å². The van der Waals surface area contributed by atoms with E-state index < -0.39 is 24.0 Å². The van der Waals surface area contributed by atoms with Crippen molar-refractivity contribution < 1.29 is 19.5 Å². The van der Waals surface area contributed by atoms with Crippen molar-refractivity contribution in [2.75, 3.05) is 0 Å². The molecule has 6 nitrogen and oxygen atoms in total. The number of aliphatic carboxylic acids is 1. The highest BCUT2D eigenvalue weighted by Gasteiger charge is 2.26. The smallest absolute Gasteiger partial charge is 0.326 e. The van der Waals surface area contributed by atoms with E-state index in [-0.39, 0.29) is 11.8 Å². The molecule has 2 atom stereocenters. The molecular formula is C11H20N2O4. The zero-order valence-corrected chi connectivity index (χ0v) is 10.6. The Bertz CT molecular complexity index is 302. The quantitative estimate of drug-likeness (QED) is 0.618. The van der Waals surface area contributed by atoms with Crippen LogP contribution in [-0.2, 0) is 14.4 Å². The molecule has 0 spiro atoms. The second-order valence-electron chi connectivity index (χ2n) is 4.23. The second kappa shape index (κ2) is 6.88. The predicted molar refractivity (Wildman–Crippen MR) is 62.3 cm³/mol. The lowest BCUT2D eigenvalue weighted by molar-refractivity contribution is -0.142. The van der Waals surface area contributed by atoms with Gasteiger partial charge in [0.1, 0.15) is 12.1 Å². The van der Waals surface area contributed by atoms with Gasteiger partial charge in [-0.1, -0.05) is 20.8 Å². The van der Waals surface area contributed by atoms with E-state index in [1.54, 1.807) is 20.8 Å². The molecule has 0 fully saturated rings. The van der Waals surface area contributed by atoms with Crippen LogP contribution in [0.4, 0.5) is 0 Å². The third-order valence-electron chi connectivity index (χ3n) is 2.33. The van der Waals surface area contributed by atoms with Crippen LogP contribution in [0.15, 0.2) is 0 Å². The third-order valence-corrected chi connectivity index (χ3v) is 2.33. The van der Waals surface area contributed by atoms with Crippen LogP contribution in [0, 0.1) is 5.92 Å². The van der Waals surface area contributed by atoms with Crippen molar-refractivity contribution >= 4 is 17.8 Å². The number of carbonyl (C=O) groups is 3. The molecule has 17 heavy (non-hydrogen) atoms. The standard InChI is InChI=1S/C11H20N2O4/c1-5-8(11(16)17)13-10(15)9(6(2)3)12-7(4)14/h6,8-9H,5H2,1-4H3,(H,12,14)(H,13,15)(H,16,17)/t8-,9?/m0/s1. The molecule has 0 aliphatic heterocycles. The van der Waals surface area contributed by atoms with Gasteiger partial charge >= 0.3 is 5.97 Å². The van der Waals surface area contributed by atoms with Gasteiger partial charge in [0.15, 0.2) is 0 Å². The van der Waals surface area contributed by atoms with Gasteiger partial charge in [0.05, 0.1) is 0 Å². The molecule has 3 N–H and O–H groups in total. The van der Waals surface area contributed by atoms with Crippen molar-refractivity contribution in [3.8, 4) is 0 Å². The number of amides is 2. The summed E-state index contributed by atoms with van der Waals surface area (Å²) in [5.74, 6) is -1.97. The van der Waals surface area contributed by atoms with E-state index >= 15 is 0 Å². The molecule has 6 heteroatoms. The number of rotatable bonds is 6. The van der Waals surface area contributed by atoms with Gasteiger partial charge in [-0.3, -0.25) is 9.59 Å². The Hall–Kier alpha value is -1.59. The molecule has 0 aliphatic carbocycles. The van der Waals surface area contributed by atoms with Crippen LogP contribution >= 0.6 is 0 Å². The minimum atomic E-state index is -1.08. The minimum absolute atomic E-state index is 0.106. The predicted octanol–water partition coefficient (Wildman–Crippen LogP) is 0.127. The number of carboxylic acids is 1. The molecule has 0 aromatic carbocycles. The van der Waals surface area contributed by atoms with E-state index in [2.05, 4.69) is 10.6 Å². The van der Waals surface area contributed by atoms with Crippen LogP contribution in [-0.4, -0.2) is 35.0 Å². The zero-order valence-electron chi connectivity index (χ0n) is 10.6. The molecule has 0 aromatic heterocycles. The summed E-state index contributed by atoms with van der Waals surface area (Å²) in [6.45, 7) is 6.54. The topological polar surface area (TPSA) is 95.5 Å². The summed E-state index contributed by atoms with van der Waals surface area (Å²) in [5, 5.41) is 13.7. The molecule has 1 unspecified atom stereocenters. The number of carboxylic acid groups (broad SMARTS) is 1. The van der Waals surface area contributed by atoms with Gasteiger partial charge in [0, 0.05) is 6.92 Å². The molecule has 98 valence electrons. The fourth-order valence-electron chi connectivity index (χ4n) is 1.35. The monoisotopic (exact) mass is 244 g/mol. The Balaban J connectivity index is 4.62. The molecule has 0 aromatic rings. The Labute approximate surface area is 101 Å². The van der Waals surface area contributed by atoms with Gasteiger partial charge in [0.2, 0.25) is 11.8 Å². The Morgan fingerprint density at radius 1 is 1.18 bits per heavy atom. The minimum Gasteiger partial charge on any atom is -0.480 e. The van der Waals surface area contributed by atoms with Crippen LogP contribution in [0.5, 0.6) is 0 Å². The fourth-order valence-corrected chi connectivity index (χ4v) is 1.35. The first-order chi connectivity index (χ1) is 7.79. The van der Waals surface area contributed by atoms with E-state index in [0.717, 1.165) is 0 Å². The summed E-state index contributed by atoms with van der Waals surface area (Å²) in [6.07, 6.45) is 0.298. The Morgan fingerprint density at radius 2 is 1.71 bits per heavy atom. The normalized spacial score (nSPS) is 13.9. The van der Waals surface area contributed by atoms with E-state index in [1.807, 2.05) is 0 Å². The van der Waals surface area contributed by atoms with Crippen LogP contribution < -0.4 is 10.6 Å². The number of carbonyl (C=O) groups excluding carboxylic acids is 2. The van der Waals surface area contributed by atoms with Gasteiger partial charge in [-0.2, -0.15) is 0 Å².